The molecule has 34 heavy (non-hydrogen) atoms. The third-order valence-corrected chi connectivity index (χ3v) is 7.32. The van der Waals surface area contributed by atoms with Crippen LogP contribution >= 0.6 is 11.6 Å². The van der Waals surface area contributed by atoms with Gasteiger partial charge in [0.25, 0.3) is 0 Å². The van der Waals surface area contributed by atoms with Crippen LogP contribution in [0.15, 0.2) is 24.4 Å². The summed E-state index contributed by atoms with van der Waals surface area (Å²) >= 11 is 6.49. The van der Waals surface area contributed by atoms with Crippen molar-refractivity contribution in [3.63, 3.8) is 0 Å². The lowest BCUT2D eigenvalue weighted by Gasteiger charge is -2.29. The SMILES string of the molecule is COCCNC1CCC(Cc2cc(-c3ccc(F)c(NCC4CCOCC4)n3)c(Cl)cn2)CC1. The molecule has 0 bridgehead atoms. The summed E-state index contributed by atoms with van der Waals surface area (Å²) in [4.78, 5) is 9.16. The third kappa shape index (κ3) is 7.11. The Kier molecular flexibility index (Phi) is 9.50. The molecule has 1 saturated heterocycles. The second-order valence-electron chi connectivity index (χ2n) is 9.49. The summed E-state index contributed by atoms with van der Waals surface area (Å²) in [7, 11) is 1.73. The number of aromatic nitrogens is 2. The second-order valence-corrected chi connectivity index (χ2v) is 9.89. The highest BCUT2D eigenvalue weighted by Gasteiger charge is 2.22. The fraction of sp³-hybridized carbons (Fsp3) is 0.615. The van der Waals surface area contributed by atoms with Crippen molar-refractivity contribution in [1.82, 2.24) is 15.3 Å². The van der Waals surface area contributed by atoms with Crippen LogP contribution in [0.2, 0.25) is 5.02 Å². The van der Waals surface area contributed by atoms with Crippen LogP contribution in [-0.4, -0.2) is 56.0 Å². The molecule has 0 amide bonds. The monoisotopic (exact) mass is 490 g/mol. The van der Waals surface area contributed by atoms with Crippen LogP contribution in [0.25, 0.3) is 11.3 Å². The molecule has 186 valence electrons. The number of hydrogen-bond donors (Lipinski definition) is 2. The Morgan fingerprint density at radius 2 is 1.91 bits per heavy atom. The predicted molar refractivity (Wildman–Crippen MR) is 134 cm³/mol. The lowest BCUT2D eigenvalue weighted by Crippen LogP contribution is -2.35. The van der Waals surface area contributed by atoms with Gasteiger partial charge in [0.15, 0.2) is 11.6 Å². The highest BCUT2D eigenvalue weighted by Crippen LogP contribution is 2.31. The summed E-state index contributed by atoms with van der Waals surface area (Å²) in [6.07, 6.45) is 9.30. The summed E-state index contributed by atoms with van der Waals surface area (Å²) in [5.41, 5.74) is 2.48. The predicted octanol–water partition coefficient (Wildman–Crippen LogP) is 5.11. The maximum absolute atomic E-state index is 14.5. The summed E-state index contributed by atoms with van der Waals surface area (Å²) in [6.45, 7) is 3.88. The maximum atomic E-state index is 14.5. The highest BCUT2D eigenvalue weighted by molar-refractivity contribution is 6.33. The molecule has 4 rings (SSSR count). The van der Waals surface area contributed by atoms with Crippen LogP contribution in [-0.2, 0) is 15.9 Å². The Morgan fingerprint density at radius 3 is 2.68 bits per heavy atom. The van der Waals surface area contributed by atoms with E-state index in [0.29, 0.717) is 35.1 Å². The van der Waals surface area contributed by atoms with Crippen LogP contribution in [0.4, 0.5) is 10.2 Å². The number of pyridine rings is 2. The molecule has 2 N–H and O–H groups in total. The molecule has 0 atom stereocenters. The molecule has 0 spiro atoms. The van der Waals surface area contributed by atoms with Crippen molar-refractivity contribution in [2.45, 2.75) is 51.0 Å². The van der Waals surface area contributed by atoms with Crippen molar-refractivity contribution in [3.8, 4) is 11.3 Å². The van der Waals surface area contributed by atoms with Crippen LogP contribution in [0.1, 0.15) is 44.2 Å². The minimum Gasteiger partial charge on any atom is -0.383 e. The Balaban J connectivity index is 1.38. The summed E-state index contributed by atoms with van der Waals surface area (Å²) in [6, 6.07) is 5.75. The van der Waals surface area contributed by atoms with Gasteiger partial charge in [-0.05, 0) is 75.0 Å². The fourth-order valence-electron chi connectivity index (χ4n) is 4.93. The summed E-state index contributed by atoms with van der Waals surface area (Å²) < 4.78 is 25.0. The van der Waals surface area contributed by atoms with Gasteiger partial charge in [-0.1, -0.05) is 11.6 Å². The highest BCUT2D eigenvalue weighted by atomic mass is 35.5. The van der Waals surface area contributed by atoms with Gasteiger partial charge in [0.05, 0.1) is 17.3 Å². The molecule has 0 radical (unpaired) electrons. The summed E-state index contributed by atoms with van der Waals surface area (Å²) in [5.74, 6) is 1.01. The number of nitrogens with zero attached hydrogens (tertiary/aromatic N) is 2. The molecule has 8 heteroatoms. The van der Waals surface area contributed by atoms with E-state index in [2.05, 4.69) is 20.6 Å². The molecule has 2 aromatic heterocycles. The molecule has 2 fully saturated rings. The number of hydrogen-bond acceptors (Lipinski definition) is 6. The minimum absolute atomic E-state index is 0.276. The molecule has 0 aromatic carbocycles. The van der Waals surface area contributed by atoms with E-state index < -0.39 is 0 Å². The minimum atomic E-state index is -0.350. The van der Waals surface area contributed by atoms with Crippen LogP contribution < -0.4 is 10.6 Å². The third-order valence-electron chi connectivity index (χ3n) is 7.02. The molecule has 2 aliphatic rings. The standard InChI is InChI=1S/C26H36ClFN4O2/c1-33-13-10-29-20-4-2-18(3-5-20)14-21-15-22(23(27)17-30-21)25-7-6-24(28)26(32-25)31-16-19-8-11-34-12-9-19/h6-7,15,17-20,29H,2-5,8-14,16H2,1H3,(H,31,32). The van der Waals surface area contributed by atoms with Gasteiger partial charge in [-0.15, -0.1) is 0 Å². The zero-order valence-electron chi connectivity index (χ0n) is 20.0. The molecule has 2 aromatic rings. The first-order valence-corrected chi connectivity index (χ1v) is 12.9. The molecule has 1 aliphatic heterocycles. The Hall–Kier alpha value is -1.80. The van der Waals surface area contributed by atoms with Crippen molar-refractivity contribution in [1.29, 1.82) is 0 Å². The number of methoxy groups -OCH3 is 1. The van der Waals surface area contributed by atoms with Crippen molar-refractivity contribution < 1.29 is 13.9 Å². The van der Waals surface area contributed by atoms with Gasteiger partial charge in [-0.25, -0.2) is 9.37 Å². The lowest BCUT2D eigenvalue weighted by atomic mass is 9.83. The van der Waals surface area contributed by atoms with Gasteiger partial charge in [0.2, 0.25) is 0 Å². The smallest absolute Gasteiger partial charge is 0.165 e. The lowest BCUT2D eigenvalue weighted by molar-refractivity contribution is 0.0699. The molecular formula is C26H36ClFN4O2. The van der Waals surface area contributed by atoms with Crippen LogP contribution in [0.5, 0.6) is 0 Å². The Bertz CT molecular complexity index is 918. The van der Waals surface area contributed by atoms with E-state index in [1.165, 1.54) is 31.7 Å². The van der Waals surface area contributed by atoms with Crippen molar-refractivity contribution in [2.75, 3.05) is 45.3 Å². The van der Waals surface area contributed by atoms with E-state index in [1.54, 1.807) is 19.4 Å². The first kappa shape index (κ1) is 25.3. The first-order chi connectivity index (χ1) is 16.6. The van der Waals surface area contributed by atoms with Crippen LogP contribution in [0, 0.1) is 17.7 Å². The van der Waals surface area contributed by atoms with Gasteiger partial charge >= 0.3 is 0 Å². The average Bonchev–Trinajstić information content (AvgIpc) is 2.87. The zero-order chi connectivity index (χ0) is 23.8. The van der Waals surface area contributed by atoms with Gasteiger partial charge in [-0.2, -0.15) is 0 Å². The number of anilines is 1. The molecule has 1 saturated carbocycles. The van der Waals surface area contributed by atoms with E-state index in [4.69, 9.17) is 21.1 Å². The maximum Gasteiger partial charge on any atom is 0.165 e. The fourth-order valence-corrected chi connectivity index (χ4v) is 5.13. The van der Waals surface area contributed by atoms with Gasteiger partial charge in [0, 0.05) is 56.9 Å². The molecule has 0 unspecified atom stereocenters. The quantitative estimate of drug-likeness (QED) is 0.451. The van der Waals surface area contributed by atoms with Crippen LogP contribution in [0.3, 0.4) is 0 Å². The normalized spacial score (nSPS) is 21.5. The van der Waals surface area contributed by atoms with Gasteiger partial charge < -0.3 is 20.1 Å². The zero-order valence-corrected chi connectivity index (χ0v) is 20.7. The molecule has 6 nitrogen and oxygen atoms in total. The number of rotatable bonds is 10. The van der Waals surface area contributed by atoms with Gasteiger partial charge in [-0.3, -0.25) is 4.98 Å². The van der Waals surface area contributed by atoms with E-state index in [1.807, 2.05) is 6.07 Å². The van der Waals surface area contributed by atoms with E-state index in [0.717, 1.165) is 56.9 Å². The molecular weight excluding hydrogens is 455 g/mol. The van der Waals surface area contributed by atoms with E-state index in [9.17, 15) is 4.39 Å². The molecule has 3 heterocycles. The summed E-state index contributed by atoms with van der Waals surface area (Å²) in [5, 5.41) is 7.31. The Labute approximate surface area is 207 Å². The first-order valence-electron chi connectivity index (χ1n) is 12.5. The van der Waals surface area contributed by atoms with E-state index in [-0.39, 0.29) is 11.6 Å². The average molecular weight is 491 g/mol. The molecule has 1 aliphatic carbocycles. The van der Waals surface area contributed by atoms with Crippen molar-refractivity contribution in [2.24, 2.45) is 11.8 Å². The topological polar surface area (TPSA) is 68.3 Å². The number of nitrogens with one attached hydrogen (secondary N) is 2. The Morgan fingerprint density at radius 1 is 1.12 bits per heavy atom. The van der Waals surface area contributed by atoms with Crippen molar-refractivity contribution in [3.05, 3.63) is 40.9 Å². The number of ether oxygens (including phenoxy) is 2. The van der Waals surface area contributed by atoms with E-state index >= 15 is 0 Å². The number of halogens is 2. The van der Waals surface area contributed by atoms with Gasteiger partial charge in [0.1, 0.15) is 0 Å². The largest absolute Gasteiger partial charge is 0.383 e. The van der Waals surface area contributed by atoms with Crippen molar-refractivity contribution >= 4 is 17.4 Å². The second kappa shape index (κ2) is 12.8.